The highest BCUT2D eigenvalue weighted by atomic mass is 35.5. The summed E-state index contributed by atoms with van der Waals surface area (Å²) in [5, 5.41) is 0.845. The fourth-order valence-corrected chi connectivity index (χ4v) is 4.49. The Labute approximate surface area is 125 Å². The molecule has 2 rings (SSSR count). The lowest BCUT2D eigenvalue weighted by Gasteiger charge is -2.46. The summed E-state index contributed by atoms with van der Waals surface area (Å²) in [7, 11) is 2.19. The number of likely N-dealkylation sites (N-methyl/N-ethyl adjacent to an activating group) is 1. The minimum Gasteiger partial charge on any atom is -0.329 e. The van der Waals surface area contributed by atoms with Crippen molar-refractivity contribution in [2.45, 2.75) is 31.3 Å². The maximum absolute atomic E-state index is 6.33. The zero-order chi connectivity index (χ0) is 13.9. The summed E-state index contributed by atoms with van der Waals surface area (Å²) in [5.41, 5.74) is 7.41. The van der Waals surface area contributed by atoms with Crippen molar-refractivity contribution in [2.75, 3.05) is 25.1 Å². The number of thioether (sulfide) groups is 1. The molecule has 2 nitrogen and oxygen atoms in total. The van der Waals surface area contributed by atoms with Crippen LogP contribution in [0.3, 0.4) is 0 Å². The van der Waals surface area contributed by atoms with Crippen molar-refractivity contribution >= 4 is 23.4 Å². The molecule has 0 aliphatic carbocycles. The Morgan fingerprint density at radius 1 is 1.47 bits per heavy atom. The van der Waals surface area contributed by atoms with Crippen LogP contribution in [0.2, 0.25) is 5.02 Å². The predicted molar refractivity (Wildman–Crippen MR) is 86.0 cm³/mol. The van der Waals surface area contributed by atoms with Gasteiger partial charge in [0.25, 0.3) is 0 Å². The normalized spacial score (nSPS) is 25.5. The van der Waals surface area contributed by atoms with Crippen molar-refractivity contribution < 1.29 is 0 Å². The van der Waals surface area contributed by atoms with Gasteiger partial charge in [0.2, 0.25) is 0 Å². The average Bonchev–Trinajstić information content (AvgIpc) is 2.47. The summed E-state index contributed by atoms with van der Waals surface area (Å²) in [5.74, 6) is 2.38. The summed E-state index contributed by atoms with van der Waals surface area (Å²) in [4.78, 5) is 2.43. The van der Waals surface area contributed by atoms with Gasteiger partial charge in [-0.25, -0.2) is 0 Å². The Bertz CT molecular complexity index is 418. The number of rotatable bonds is 4. The van der Waals surface area contributed by atoms with Crippen molar-refractivity contribution in [3.63, 3.8) is 0 Å². The Kier molecular flexibility index (Phi) is 5.18. The van der Waals surface area contributed by atoms with E-state index < -0.39 is 0 Å². The lowest BCUT2D eigenvalue weighted by molar-refractivity contribution is 0.0930. The molecule has 0 saturated carbocycles. The van der Waals surface area contributed by atoms with Crippen LogP contribution >= 0.6 is 23.4 Å². The van der Waals surface area contributed by atoms with Crippen LogP contribution in [0, 0.1) is 0 Å². The Balaban J connectivity index is 2.22. The van der Waals surface area contributed by atoms with E-state index in [1.807, 2.05) is 23.9 Å². The summed E-state index contributed by atoms with van der Waals surface area (Å²) in [6, 6.07) is 8.40. The van der Waals surface area contributed by atoms with Crippen molar-refractivity contribution in [3.8, 4) is 0 Å². The first-order valence-electron chi connectivity index (χ1n) is 6.86. The molecule has 2 unspecified atom stereocenters. The first-order chi connectivity index (χ1) is 9.10. The van der Waals surface area contributed by atoms with E-state index >= 15 is 0 Å². The van der Waals surface area contributed by atoms with Gasteiger partial charge in [0.15, 0.2) is 0 Å². The topological polar surface area (TPSA) is 29.3 Å². The first-order valence-corrected chi connectivity index (χ1v) is 8.39. The van der Waals surface area contributed by atoms with Crippen LogP contribution in [0.15, 0.2) is 24.3 Å². The molecule has 4 heteroatoms. The lowest BCUT2D eigenvalue weighted by Crippen LogP contribution is -2.56. The second-order valence-electron chi connectivity index (χ2n) is 5.39. The van der Waals surface area contributed by atoms with Crippen LogP contribution < -0.4 is 5.73 Å². The summed E-state index contributed by atoms with van der Waals surface area (Å²) in [6.45, 7) is 2.93. The van der Waals surface area contributed by atoms with Crippen LogP contribution in [-0.2, 0) is 0 Å². The van der Waals surface area contributed by atoms with Crippen LogP contribution in [0.4, 0.5) is 0 Å². The number of hydrogen-bond acceptors (Lipinski definition) is 3. The highest BCUT2D eigenvalue weighted by Crippen LogP contribution is 2.37. The first kappa shape index (κ1) is 15.2. The number of hydrogen-bond donors (Lipinski definition) is 1. The minimum absolute atomic E-state index is 0.113. The van der Waals surface area contributed by atoms with Gasteiger partial charge < -0.3 is 5.73 Å². The molecule has 106 valence electrons. The largest absolute Gasteiger partial charge is 0.329 e. The molecule has 0 bridgehead atoms. The number of nitrogens with zero attached hydrogens (tertiary/aromatic N) is 1. The molecule has 2 N–H and O–H groups in total. The molecule has 1 fully saturated rings. The van der Waals surface area contributed by atoms with E-state index in [9.17, 15) is 0 Å². The Morgan fingerprint density at radius 2 is 2.21 bits per heavy atom. The lowest BCUT2D eigenvalue weighted by atomic mass is 9.91. The van der Waals surface area contributed by atoms with E-state index in [-0.39, 0.29) is 11.6 Å². The molecule has 0 radical (unpaired) electrons. The van der Waals surface area contributed by atoms with Crippen molar-refractivity contribution in [1.29, 1.82) is 0 Å². The molecule has 1 aromatic rings. The highest BCUT2D eigenvalue weighted by molar-refractivity contribution is 7.99. The van der Waals surface area contributed by atoms with Crippen LogP contribution in [0.25, 0.3) is 0 Å². The van der Waals surface area contributed by atoms with Gasteiger partial charge in [0.1, 0.15) is 0 Å². The molecule has 1 aliphatic heterocycles. The zero-order valence-corrected chi connectivity index (χ0v) is 13.3. The average molecular weight is 299 g/mol. The van der Waals surface area contributed by atoms with Gasteiger partial charge in [-0.2, -0.15) is 11.8 Å². The van der Waals surface area contributed by atoms with E-state index in [2.05, 4.69) is 31.0 Å². The third-order valence-electron chi connectivity index (χ3n) is 4.37. The van der Waals surface area contributed by atoms with Gasteiger partial charge in [-0.1, -0.05) is 29.8 Å². The summed E-state index contributed by atoms with van der Waals surface area (Å²) < 4.78 is 0. The Morgan fingerprint density at radius 3 is 2.79 bits per heavy atom. The maximum atomic E-state index is 6.33. The Hall–Kier alpha value is -0.220. The molecule has 1 heterocycles. The van der Waals surface area contributed by atoms with Gasteiger partial charge in [0, 0.05) is 28.9 Å². The van der Waals surface area contributed by atoms with E-state index in [4.69, 9.17) is 17.3 Å². The summed E-state index contributed by atoms with van der Waals surface area (Å²) >= 11 is 8.34. The standard InChI is InChI=1S/C15H23ClN2S/c1-12(13-6-3-4-7-14(13)16)18(2)15(10-17)8-5-9-19-11-15/h3-4,6-7,12H,5,8-11,17H2,1-2H3. The molecular formula is C15H23ClN2S. The monoisotopic (exact) mass is 298 g/mol. The van der Waals surface area contributed by atoms with E-state index in [1.165, 1.54) is 24.2 Å². The van der Waals surface area contributed by atoms with E-state index in [0.29, 0.717) is 6.54 Å². The fourth-order valence-electron chi connectivity index (χ4n) is 2.85. The second kappa shape index (κ2) is 6.49. The van der Waals surface area contributed by atoms with Gasteiger partial charge in [0.05, 0.1) is 0 Å². The molecule has 1 saturated heterocycles. The second-order valence-corrected chi connectivity index (χ2v) is 6.91. The number of halogens is 1. The van der Waals surface area contributed by atoms with E-state index in [0.717, 1.165) is 10.8 Å². The van der Waals surface area contributed by atoms with Gasteiger partial charge in [-0.05, 0) is 44.2 Å². The molecule has 0 aromatic heterocycles. The SMILES string of the molecule is CC(c1ccccc1Cl)N(C)C1(CN)CCCSC1. The molecule has 1 aromatic carbocycles. The van der Waals surface area contributed by atoms with E-state index in [1.54, 1.807) is 0 Å². The molecular weight excluding hydrogens is 276 g/mol. The fraction of sp³-hybridized carbons (Fsp3) is 0.600. The van der Waals surface area contributed by atoms with Gasteiger partial charge in [-0.15, -0.1) is 0 Å². The molecule has 2 atom stereocenters. The predicted octanol–water partition coefficient (Wildman–Crippen LogP) is 3.56. The highest BCUT2D eigenvalue weighted by Gasteiger charge is 2.37. The van der Waals surface area contributed by atoms with Crippen molar-refractivity contribution in [3.05, 3.63) is 34.9 Å². The smallest absolute Gasteiger partial charge is 0.0453 e. The quantitative estimate of drug-likeness (QED) is 0.921. The molecule has 0 amide bonds. The minimum atomic E-state index is 0.113. The van der Waals surface area contributed by atoms with Gasteiger partial charge in [-0.3, -0.25) is 4.90 Å². The summed E-state index contributed by atoms with van der Waals surface area (Å²) in [6.07, 6.45) is 2.43. The molecule has 1 aliphatic rings. The number of benzene rings is 1. The maximum Gasteiger partial charge on any atom is 0.0453 e. The molecule has 0 spiro atoms. The third kappa shape index (κ3) is 3.10. The van der Waals surface area contributed by atoms with Gasteiger partial charge >= 0.3 is 0 Å². The van der Waals surface area contributed by atoms with Crippen LogP contribution in [-0.4, -0.2) is 35.5 Å². The zero-order valence-electron chi connectivity index (χ0n) is 11.7. The third-order valence-corrected chi connectivity index (χ3v) is 6.03. The van der Waals surface area contributed by atoms with Crippen molar-refractivity contribution in [1.82, 2.24) is 4.90 Å². The molecule has 19 heavy (non-hydrogen) atoms. The number of nitrogens with two attached hydrogens (primary N) is 1. The van der Waals surface area contributed by atoms with Crippen LogP contribution in [0.5, 0.6) is 0 Å². The van der Waals surface area contributed by atoms with Crippen LogP contribution in [0.1, 0.15) is 31.4 Å². The van der Waals surface area contributed by atoms with Crippen molar-refractivity contribution in [2.24, 2.45) is 5.73 Å².